The van der Waals surface area contributed by atoms with Crippen LogP contribution in [-0.4, -0.2) is 17.3 Å². The second kappa shape index (κ2) is 3.89. The van der Waals surface area contributed by atoms with Gasteiger partial charge in [-0.15, -0.1) is 0 Å². The molecule has 0 amide bonds. The summed E-state index contributed by atoms with van der Waals surface area (Å²) in [6, 6.07) is 0. The smallest absolute Gasteiger partial charge is 0.164 e. The van der Waals surface area contributed by atoms with Gasteiger partial charge in [-0.25, -0.2) is 0 Å². The Morgan fingerprint density at radius 2 is 1.38 bits per heavy atom. The highest BCUT2D eigenvalue weighted by Crippen LogP contribution is 2.46. The molecule has 1 aromatic rings. The third kappa shape index (κ3) is 1.82. The number of rotatable bonds is 1. The van der Waals surface area contributed by atoms with E-state index in [9.17, 15) is 10.2 Å². The lowest BCUT2D eigenvalue weighted by atomic mass is 9.81. The predicted octanol–water partition coefficient (Wildman–Crippen LogP) is 3.02. The topological polar surface area (TPSA) is 49.7 Å². The SMILES string of the molecule is COc1c(C)c(O)c(O)c(C)c1C(C)(C)C. The third-order valence-corrected chi connectivity index (χ3v) is 2.83. The van der Waals surface area contributed by atoms with E-state index >= 15 is 0 Å². The van der Waals surface area contributed by atoms with Crippen molar-refractivity contribution >= 4 is 0 Å². The lowest BCUT2D eigenvalue weighted by molar-refractivity contribution is 0.366. The van der Waals surface area contributed by atoms with Crippen molar-refractivity contribution in [3.8, 4) is 17.2 Å². The number of ether oxygens (including phenoxy) is 1. The van der Waals surface area contributed by atoms with E-state index in [1.165, 1.54) is 0 Å². The molecule has 0 spiro atoms. The van der Waals surface area contributed by atoms with Crippen LogP contribution in [0.4, 0.5) is 0 Å². The van der Waals surface area contributed by atoms with Crippen molar-refractivity contribution in [3.63, 3.8) is 0 Å². The second-order valence-corrected chi connectivity index (χ2v) is 5.11. The van der Waals surface area contributed by atoms with Crippen LogP contribution in [0, 0.1) is 13.8 Å². The standard InChI is InChI=1S/C13H20O3/c1-7-9(13(3,4)5)12(16-6)8(2)11(15)10(7)14/h14-15H,1-6H3. The number of benzene rings is 1. The van der Waals surface area contributed by atoms with E-state index in [-0.39, 0.29) is 16.9 Å². The third-order valence-electron chi connectivity index (χ3n) is 2.83. The van der Waals surface area contributed by atoms with Gasteiger partial charge in [-0.1, -0.05) is 20.8 Å². The molecule has 3 nitrogen and oxygen atoms in total. The minimum absolute atomic E-state index is 0.0526. The van der Waals surface area contributed by atoms with Gasteiger partial charge in [-0.05, 0) is 19.3 Å². The normalized spacial score (nSPS) is 11.6. The molecular weight excluding hydrogens is 204 g/mol. The van der Waals surface area contributed by atoms with Crippen molar-refractivity contribution in [1.29, 1.82) is 0 Å². The maximum absolute atomic E-state index is 9.85. The molecule has 1 aromatic carbocycles. The van der Waals surface area contributed by atoms with Crippen LogP contribution in [0.1, 0.15) is 37.5 Å². The van der Waals surface area contributed by atoms with Crippen molar-refractivity contribution in [2.75, 3.05) is 7.11 Å². The van der Waals surface area contributed by atoms with Crippen LogP contribution in [0.3, 0.4) is 0 Å². The van der Waals surface area contributed by atoms with Crippen molar-refractivity contribution in [1.82, 2.24) is 0 Å². The molecule has 16 heavy (non-hydrogen) atoms. The Labute approximate surface area is 96.7 Å². The fraction of sp³-hybridized carbons (Fsp3) is 0.538. The second-order valence-electron chi connectivity index (χ2n) is 5.11. The quantitative estimate of drug-likeness (QED) is 0.721. The van der Waals surface area contributed by atoms with E-state index in [4.69, 9.17) is 4.74 Å². The summed E-state index contributed by atoms with van der Waals surface area (Å²) < 4.78 is 5.35. The summed E-state index contributed by atoms with van der Waals surface area (Å²) in [5, 5.41) is 19.6. The Bertz CT molecular complexity index is 414. The molecule has 0 fully saturated rings. The number of methoxy groups -OCH3 is 1. The van der Waals surface area contributed by atoms with E-state index < -0.39 is 0 Å². The van der Waals surface area contributed by atoms with E-state index in [0.717, 1.165) is 5.56 Å². The molecule has 0 aromatic heterocycles. The van der Waals surface area contributed by atoms with Crippen molar-refractivity contribution in [2.45, 2.75) is 40.0 Å². The molecular formula is C13H20O3. The first-order valence-electron chi connectivity index (χ1n) is 5.31. The van der Waals surface area contributed by atoms with Gasteiger partial charge in [0.1, 0.15) is 5.75 Å². The number of phenolic OH excluding ortho intramolecular Hbond substituents is 2. The van der Waals surface area contributed by atoms with E-state index in [1.54, 1.807) is 21.0 Å². The summed E-state index contributed by atoms with van der Waals surface area (Å²) in [5.41, 5.74) is 2.04. The van der Waals surface area contributed by atoms with Gasteiger partial charge in [0.05, 0.1) is 7.11 Å². The summed E-state index contributed by atoms with van der Waals surface area (Å²) in [6.07, 6.45) is 0. The highest BCUT2D eigenvalue weighted by atomic mass is 16.5. The summed E-state index contributed by atoms with van der Waals surface area (Å²) in [7, 11) is 1.58. The lowest BCUT2D eigenvalue weighted by Crippen LogP contribution is -2.15. The zero-order valence-electron chi connectivity index (χ0n) is 10.8. The summed E-state index contributed by atoms with van der Waals surface area (Å²) in [5.74, 6) is 0.505. The number of phenols is 2. The van der Waals surface area contributed by atoms with Crippen LogP contribution in [-0.2, 0) is 5.41 Å². The first-order chi connectivity index (χ1) is 7.21. The van der Waals surface area contributed by atoms with E-state index in [0.29, 0.717) is 16.9 Å². The van der Waals surface area contributed by atoms with Crippen LogP contribution in [0.15, 0.2) is 0 Å². The molecule has 0 aliphatic carbocycles. The van der Waals surface area contributed by atoms with Crippen molar-refractivity contribution in [3.05, 3.63) is 16.7 Å². The van der Waals surface area contributed by atoms with Crippen LogP contribution < -0.4 is 4.74 Å². The predicted molar refractivity (Wildman–Crippen MR) is 64.5 cm³/mol. The average molecular weight is 224 g/mol. The minimum atomic E-state index is -0.147. The molecule has 0 atom stereocenters. The lowest BCUT2D eigenvalue weighted by Gasteiger charge is -2.26. The Balaban J connectivity index is 3.72. The zero-order chi connectivity index (χ0) is 12.7. The number of aromatic hydroxyl groups is 2. The highest BCUT2D eigenvalue weighted by molar-refractivity contribution is 5.62. The van der Waals surface area contributed by atoms with Crippen LogP contribution in [0.5, 0.6) is 17.2 Å². The van der Waals surface area contributed by atoms with Crippen LogP contribution in [0.25, 0.3) is 0 Å². The molecule has 0 bridgehead atoms. The van der Waals surface area contributed by atoms with Crippen molar-refractivity contribution in [2.24, 2.45) is 0 Å². The summed E-state index contributed by atoms with van der Waals surface area (Å²) in [4.78, 5) is 0. The average Bonchev–Trinajstić information content (AvgIpc) is 2.18. The zero-order valence-corrected chi connectivity index (χ0v) is 10.8. The monoisotopic (exact) mass is 224 g/mol. The largest absolute Gasteiger partial charge is 0.504 e. The molecule has 0 heterocycles. The fourth-order valence-corrected chi connectivity index (χ4v) is 2.10. The molecule has 0 aliphatic heterocycles. The first kappa shape index (κ1) is 12.7. The van der Waals surface area contributed by atoms with Gasteiger partial charge < -0.3 is 14.9 Å². The Morgan fingerprint density at radius 3 is 1.75 bits per heavy atom. The summed E-state index contributed by atoms with van der Waals surface area (Å²) >= 11 is 0. The highest BCUT2D eigenvalue weighted by Gasteiger charge is 2.27. The maximum Gasteiger partial charge on any atom is 0.164 e. The molecule has 0 saturated heterocycles. The Kier molecular flexibility index (Phi) is 3.08. The van der Waals surface area contributed by atoms with Gasteiger partial charge in [0.15, 0.2) is 11.5 Å². The maximum atomic E-state index is 9.85. The molecule has 3 heteroatoms. The van der Waals surface area contributed by atoms with Gasteiger partial charge in [0.25, 0.3) is 0 Å². The van der Waals surface area contributed by atoms with E-state index in [2.05, 4.69) is 0 Å². The molecule has 2 N–H and O–H groups in total. The molecule has 0 saturated carbocycles. The molecule has 1 rings (SSSR count). The van der Waals surface area contributed by atoms with Crippen LogP contribution in [0.2, 0.25) is 0 Å². The minimum Gasteiger partial charge on any atom is -0.504 e. The van der Waals surface area contributed by atoms with E-state index in [1.807, 2.05) is 20.8 Å². The van der Waals surface area contributed by atoms with Gasteiger partial charge in [-0.2, -0.15) is 0 Å². The van der Waals surface area contributed by atoms with Crippen LogP contribution >= 0.6 is 0 Å². The van der Waals surface area contributed by atoms with Crippen molar-refractivity contribution < 1.29 is 14.9 Å². The summed E-state index contributed by atoms with van der Waals surface area (Å²) in [6.45, 7) is 9.68. The van der Waals surface area contributed by atoms with Gasteiger partial charge in [0.2, 0.25) is 0 Å². The number of hydrogen-bond donors (Lipinski definition) is 2. The molecule has 0 aliphatic rings. The number of hydrogen-bond acceptors (Lipinski definition) is 3. The van der Waals surface area contributed by atoms with Gasteiger partial charge in [0, 0.05) is 16.7 Å². The Hall–Kier alpha value is -1.38. The van der Waals surface area contributed by atoms with Gasteiger partial charge in [-0.3, -0.25) is 0 Å². The molecule has 0 unspecified atom stereocenters. The van der Waals surface area contributed by atoms with Gasteiger partial charge >= 0.3 is 0 Å². The molecule has 0 radical (unpaired) electrons. The fourth-order valence-electron chi connectivity index (χ4n) is 2.10. The Morgan fingerprint density at radius 1 is 0.938 bits per heavy atom. The molecule has 90 valence electrons. The first-order valence-corrected chi connectivity index (χ1v) is 5.31.